The minimum atomic E-state index is 0.553. The van der Waals surface area contributed by atoms with Gasteiger partial charge in [0, 0.05) is 12.6 Å². The third kappa shape index (κ3) is 5.13. The van der Waals surface area contributed by atoms with Crippen LogP contribution in [0.15, 0.2) is 36.4 Å². The minimum absolute atomic E-state index is 0.553. The summed E-state index contributed by atoms with van der Waals surface area (Å²) >= 11 is 0. The summed E-state index contributed by atoms with van der Waals surface area (Å²) in [5.74, 6) is 0. The highest BCUT2D eigenvalue weighted by atomic mass is 14.9. The van der Waals surface area contributed by atoms with E-state index >= 15 is 0 Å². The first-order chi connectivity index (χ1) is 7.58. The molecule has 1 unspecified atom stereocenters. The lowest BCUT2D eigenvalue weighted by Crippen LogP contribution is -2.27. The van der Waals surface area contributed by atoms with E-state index in [1.807, 2.05) is 0 Å². The second kappa shape index (κ2) is 6.49. The van der Waals surface area contributed by atoms with Crippen LogP contribution in [0.2, 0.25) is 0 Å². The average molecular weight is 217 g/mol. The summed E-state index contributed by atoms with van der Waals surface area (Å²) in [5.41, 5.74) is 3.98. The molecule has 0 fully saturated rings. The smallest absolute Gasteiger partial charge is 0.0161 e. The summed E-state index contributed by atoms with van der Waals surface area (Å²) in [6.45, 7) is 11.3. The Morgan fingerprint density at radius 2 is 2.19 bits per heavy atom. The quantitative estimate of drug-likeness (QED) is 0.719. The van der Waals surface area contributed by atoms with Gasteiger partial charge in [-0.25, -0.2) is 0 Å². The van der Waals surface area contributed by atoms with Gasteiger partial charge in [0.2, 0.25) is 0 Å². The van der Waals surface area contributed by atoms with Gasteiger partial charge in [-0.15, -0.1) is 0 Å². The first-order valence-electron chi connectivity index (χ1n) is 6.01. The second-order valence-corrected chi connectivity index (χ2v) is 4.77. The Morgan fingerprint density at radius 3 is 2.81 bits per heavy atom. The van der Waals surface area contributed by atoms with Gasteiger partial charge in [-0.05, 0) is 39.2 Å². The summed E-state index contributed by atoms with van der Waals surface area (Å²) in [4.78, 5) is 0. The van der Waals surface area contributed by atoms with E-state index in [0.717, 1.165) is 13.0 Å². The fourth-order valence-corrected chi connectivity index (χ4v) is 1.70. The molecule has 1 nitrogen and oxygen atoms in total. The summed E-state index contributed by atoms with van der Waals surface area (Å²) in [6.07, 6.45) is 2.32. The van der Waals surface area contributed by atoms with Gasteiger partial charge in [-0.2, -0.15) is 0 Å². The van der Waals surface area contributed by atoms with E-state index in [1.54, 1.807) is 0 Å². The number of nitrogens with one attached hydrogen (secondary N) is 1. The number of rotatable bonds is 6. The van der Waals surface area contributed by atoms with Crippen LogP contribution in [0.5, 0.6) is 0 Å². The molecule has 0 heterocycles. The molecular weight excluding hydrogens is 194 g/mol. The summed E-state index contributed by atoms with van der Waals surface area (Å²) in [5, 5.41) is 3.47. The molecule has 1 atom stereocenters. The van der Waals surface area contributed by atoms with Crippen molar-refractivity contribution in [3.05, 3.63) is 47.5 Å². The van der Waals surface area contributed by atoms with E-state index in [2.05, 4.69) is 56.9 Å². The van der Waals surface area contributed by atoms with Gasteiger partial charge >= 0.3 is 0 Å². The second-order valence-electron chi connectivity index (χ2n) is 4.77. The van der Waals surface area contributed by atoms with Crippen LogP contribution in [0.3, 0.4) is 0 Å². The molecule has 0 saturated carbocycles. The molecule has 0 aliphatic carbocycles. The van der Waals surface area contributed by atoms with E-state index < -0.39 is 0 Å². The number of hydrogen-bond acceptors (Lipinski definition) is 1. The summed E-state index contributed by atoms with van der Waals surface area (Å²) < 4.78 is 0. The average Bonchev–Trinajstić information content (AvgIpc) is 2.23. The molecule has 1 aromatic rings. The van der Waals surface area contributed by atoms with E-state index in [4.69, 9.17) is 0 Å². The van der Waals surface area contributed by atoms with Crippen LogP contribution in [-0.2, 0) is 6.42 Å². The topological polar surface area (TPSA) is 12.0 Å². The number of aryl methyl sites for hydroxylation is 2. The lowest BCUT2D eigenvalue weighted by molar-refractivity contribution is 0.537. The molecule has 0 bridgehead atoms. The number of benzene rings is 1. The van der Waals surface area contributed by atoms with Crippen molar-refractivity contribution in [2.75, 3.05) is 6.54 Å². The maximum atomic E-state index is 3.89. The normalized spacial score (nSPS) is 12.4. The molecule has 0 aliphatic heterocycles. The van der Waals surface area contributed by atoms with E-state index in [-0.39, 0.29) is 0 Å². The fourth-order valence-electron chi connectivity index (χ4n) is 1.70. The van der Waals surface area contributed by atoms with Gasteiger partial charge in [-0.3, -0.25) is 0 Å². The standard InChI is InChI=1S/C15H23N/c1-12(2)11-16-14(4)8-9-15-7-5-6-13(3)10-15/h5-7,10,14,16H,1,8-9,11H2,2-4H3. The maximum absolute atomic E-state index is 3.89. The van der Waals surface area contributed by atoms with Crippen molar-refractivity contribution in [3.8, 4) is 0 Å². The first-order valence-corrected chi connectivity index (χ1v) is 6.01. The molecule has 88 valence electrons. The van der Waals surface area contributed by atoms with Crippen LogP contribution >= 0.6 is 0 Å². The highest BCUT2D eigenvalue weighted by Gasteiger charge is 2.01. The molecule has 1 heteroatoms. The molecule has 16 heavy (non-hydrogen) atoms. The highest BCUT2D eigenvalue weighted by Crippen LogP contribution is 2.08. The van der Waals surface area contributed by atoms with Gasteiger partial charge in [0.25, 0.3) is 0 Å². The maximum Gasteiger partial charge on any atom is 0.0161 e. The lowest BCUT2D eigenvalue weighted by atomic mass is 10.0. The first kappa shape index (κ1) is 13.0. The Bertz CT molecular complexity index is 341. The van der Waals surface area contributed by atoms with Gasteiger partial charge in [-0.1, -0.05) is 42.0 Å². The lowest BCUT2D eigenvalue weighted by Gasteiger charge is -2.13. The monoisotopic (exact) mass is 217 g/mol. The summed E-state index contributed by atoms with van der Waals surface area (Å²) in [7, 11) is 0. The third-order valence-corrected chi connectivity index (χ3v) is 2.70. The van der Waals surface area contributed by atoms with E-state index in [9.17, 15) is 0 Å². The zero-order valence-corrected chi connectivity index (χ0v) is 10.7. The van der Waals surface area contributed by atoms with E-state index in [1.165, 1.54) is 23.1 Å². The third-order valence-electron chi connectivity index (χ3n) is 2.70. The van der Waals surface area contributed by atoms with Crippen LogP contribution in [0, 0.1) is 6.92 Å². The molecule has 0 radical (unpaired) electrons. The van der Waals surface area contributed by atoms with Crippen LogP contribution in [0.4, 0.5) is 0 Å². The Labute approximate surface area is 99.6 Å². The molecule has 0 spiro atoms. The Balaban J connectivity index is 2.31. The van der Waals surface area contributed by atoms with Crippen molar-refractivity contribution in [3.63, 3.8) is 0 Å². The highest BCUT2D eigenvalue weighted by molar-refractivity contribution is 5.22. The Morgan fingerprint density at radius 1 is 1.44 bits per heavy atom. The van der Waals surface area contributed by atoms with Crippen molar-refractivity contribution < 1.29 is 0 Å². The van der Waals surface area contributed by atoms with Gasteiger partial charge in [0.15, 0.2) is 0 Å². The zero-order chi connectivity index (χ0) is 12.0. The SMILES string of the molecule is C=C(C)CNC(C)CCc1cccc(C)c1. The van der Waals surface area contributed by atoms with Crippen molar-refractivity contribution >= 4 is 0 Å². The fraction of sp³-hybridized carbons (Fsp3) is 0.467. The molecule has 0 amide bonds. The predicted octanol–water partition coefficient (Wildman–Crippen LogP) is 3.48. The zero-order valence-electron chi connectivity index (χ0n) is 10.7. The van der Waals surface area contributed by atoms with Gasteiger partial charge in [0.05, 0.1) is 0 Å². The molecule has 1 aromatic carbocycles. The summed E-state index contributed by atoms with van der Waals surface area (Å²) in [6, 6.07) is 9.31. The molecular formula is C15H23N. The van der Waals surface area contributed by atoms with Crippen molar-refractivity contribution in [1.82, 2.24) is 5.32 Å². The van der Waals surface area contributed by atoms with Gasteiger partial charge in [0.1, 0.15) is 0 Å². The molecule has 1 N–H and O–H groups in total. The van der Waals surface area contributed by atoms with Crippen LogP contribution in [-0.4, -0.2) is 12.6 Å². The van der Waals surface area contributed by atoms with Crippen LogP contribution < -0.4 is 5.32 Å². The van der Waals surface area contributed by atoms with Crippen molar-refractivity contribution in [2.24, 2.45) is 0 Å². The Hall–Kier alpha value is -1.08. The van der Waals surface area contributed by atoms with Gasteiger partial charge < -0.3 is 5.32 Å². The van der Waals surface area contributed by atoms with Crippen LogP contribution in [0.1, 0.15) is 31.4 Å². The minimum Gasteiger partial charge on any atom is -0.311 e. The molecule has 0 aliphatic rings. The van der Waals surface area contributed by atoms with Crippen molar-refractivity contribution in [1.29, 1.82) is 0 Å². The number of hydrogen-bond donors (Lipinski definition) is 1. The Kier molecular flexibility index (Phi) is 5.27. The van der Waals surface area contributed by atoms with Crippen LogP contribution in [0.25, 0.3) is 0 Å². The largest absolute Gasteiger partial charge is 0.311 e. The molecule has 1 rings (SSSR count). The van der Waals surface area contributed by atoms with Crippen molar-refractivity contribution in [2.45, 2.75) is 39.7 Å². The van der Waals surface area contributed by atoms with E-state index in [0.29, 0.717) is 6.04 Å². The molecule has 0 aromatic heterocycles. The molecule has 0 saturated heterocycles. The predicted molar refractivity (Wildman–Crippen MR) is 71.8 cm³/mol.